The largest absolute Gasteiger partial charge is 0.264 e. The summed E-state index contributed by atoms with van der Waals surface area (Å²) in [5, 5.41) is 2.79. The molecule has 2 rings (SSSR count). The number of hydrogen-bond donors (Lipinski definition) is 0. The minimum absolute atomic E-state index is 0.277. The van der Waals surface area contributed by atoms with Crippen LogP contribution in [0.15, 0.2) is 36.7 Å². The standard InChI is InChI=1S/C14H16ClN/c1-2-13(15)8-7-12-10-16-9-11-5-3-4-6-14(11)12/h3-6,9-10,13H,2,7-8H2,1H3. The Balaban J connectivity index is 2.23. The minimum Gasteiger partial charge on any atom is -0.264 e. The van der Waals surface area contributed by atoms with E-state index in [9.17, 15) is 0 Å². The van der Waals surface area contributed by atoms with Crippen LogP contribution in [0.4, 0.5) is 0 Å². The number of alkyl halides is 1. The molecule has 1 nitrogen and oxygen atoms in total. The van der Waals surface area contributed by atoms with Gasteiger partial charge in [-0.1, -0.05) is 31.2 Å². The van der Waals surface area contributed by atoms with E-state index in [1.807, 2.05) is 18.5 Å². The van der Waals surface area contributed by atoms with Gasteiger partial charge in [0.1, 0.15) is 0 Å². The van der Waals surface area contributed by atoms with Gasteiger partial charge in [0.05, 0.1) is 0 Å². The van der Waals surface area contributed by atoms with Gasteiger partial charge in [-0.2, -0.15) is 0 Å². The molecule has 1 atom stereocenters. The predicted molar refractivity (Wildman–Crippen MR) is 70.0 cm³/mol. The van der Waals surface area contributed by atoms with Gasteiger partial charge in [0, 0.05) is 23.2 Å². The van der Waals surface area contributed by atoms with E-state index in [4.69, 9.17) is 11.6 Å². The highest BCUT2D eigenvalue weighted by Gasteiger charge is 2.05. The number of fused-ring (bicyclic) bond motifs is 1. The Hall–Kier alpha value is -1.08. The van der Waals surface area contributed by atoms with Gasteiger partial charge in [-0.15, -0.1) is 11.6 Å². The van der Waals surface area contributed by atoms with E-state index in [0.29, 0.717) is 0 Å². The molecule has 0 radical (unpaired) electrons. The third-order valence-electron chi connectivity index (χ3n) is 2.92. The lowest BCUT2D eigenvalue weighted by atomic mass is 10.0. The summed E-state index contributed by atoms with van der Waals surface area (Å²) in [4.78, 5) is 4.27. The van der Waals surface area contributed by atoms with Crippen molar-refractivity contribution in [2.45, 2.75) is 31.6 Å². The summed E-state index contributed by atoms with van der Waals surface area (Å²) in [5.41, 5.74) is 1.30. The monoisotopic (exact) mass is 233 g/mol. The summed E-state index contributed by atoms with van der Waals surface area (Å²) < 4.78 is 0. The van der Waals surface area contributed by atoms with E-state index < -0.39 is 0 Å². The Morgan fingerprint density at radius 1 is 1.25 bits per heavy atom. The molecule has 0 N–H and O–H groups in total. The number of aromatic nitrogens is 1. The molecule has 0 spiro atoms. The second-order valence-electron chi connectivity index (χ2n) is 4.06. The summed E-state index contributed by atoms with van der Waals surface area (Å²) in [6.45, 7) is 2.12. The fraction of sp³-hybridized carbons (Fsp3) is 0.357. The lowest BCUT2D eigenvalue weighted by molar-refractivity contribution is 0.728. The first kappa shape index (κ1) is 11.4. The molecule has 16 heavy (non-hydrogen) atoms. The first-order valence-electron chi connectivity index (χ1n) is 5.77. The van der Waals surface area contributed by atoms with Crippen LogP contribution in [0.1, 0.15) is 25.3 Å². The zero-order valence-electron chi connectivity index (χ0n) is 9.49. The molecule has 1 aromatic carbocycles. The number of nitrogens with zero attached hydrogens (tertiary/aromatic N) is 1. The number of halogens is 1. The zero-order valence-corrected chi connectivity index (χ0v) is 10.2. The predicted octanol–water partition coefficient (Wildman–Crippen LogP) is 4.18. The summed E-state index contributed by atoms with van der Waals surface area (Å²) >= 11 is 6.15. The van der Waals surface area contributed by atoms with Crippen molar-refractivity contribution in [3.63, 3.8) is 0 Å². The van der Waals surface area contributed by atoms with E-state index >= 15 is 0 Å². The highest BCUT2D eigenvalue weighted by atomic mass is 35.5. The van der Waals surface area contributed by atoms with E-state index in [0.717, 1.165) is 19.3 Å². The number of pyridine rings is 1. The van der Waals surface area contributed by atoms with Gasteiger partial charge in [-0.3, -0.25) is 4.98 Å². The van der Waals surface area contributed by atoms with Crippen LogP contribution in [-0.2, 0) is 6.42 Å². The Morgan fingerprint density at radius 3 is 2.88 bits per heavy atom. The molecule has 1 heterocycles. The Morgan fingerprint density at radius 2 is 2.06 bits per heavy atom. The van der Waals surface area contributed by atoms with Crippen molar-refractivity contribution in [3.8, 4) is 0 Å². The summed E-state index contributed by atoms with van der Waals surface area (Å²) in [6.07, 6.45) is 6.93. The van der Waals surface area contributed by atoms with Gasteiger partial charge in [-0.25, -0.2) is 0 Å². The fourth-order valence-corrected chi connectivity index (χ4v) is 2.00. The van der Waals surface area contributed by atoms with Crippen molar-refractivity contribution in [2.24, 2.45) is 0 Å². The topological polar surface area (TPSA) is 12.9 Å². The maximum atomic E-state index is 6.15. The molecule has 2 heteroatoms. The highest BCUT2D eigenvalue weighted by molar-refractivity contribution is 6.20. The molecule has 2 aromatic rings. The second kappa shape index (κ2) is 5.31. The molecular formula is C14H16ClN. The average molecular weight is 234 g/mol. The third kappa shape index (κ3) is 2.53. The van der Waals surface area contributed by atoms with Crippen LogP contribution in [0.2, 0.25) is 0 Å². The van der Waals surface area contributed by atoms with E-state index in [2.05, 4.69) is 30.1 Å². The number of aryl methyl sites for hydroxylation is 1. The molecule has 0 amide bonds. The van der Waals surface area contributed by atoms with Gasteiger partial charge in [0.25, 0.3) is 0 Å². The first-order valence-corrected chi connectivity index (χ1v) is 6.20. The molecule has 1 aromatic heterocycles. The maximum absolute atomic E-state index is 6.15. The highest BCUT2D eigenvalue weighted by Crippen LogP contribution is 2.20. The Kier molecular flexibility index (Phi) is 3.79. The lowest BCUT2D eigenvalue weighted by Gasteiger charge is -2.08. The van der Waals surface area contributed by atoms with Gasteiger partial charge in [-0.05, 0) is 30.2 Å². The molecule has 84 valence electrons. The van der Waals surface area contributed by atoms with Crippen LogP contribution in [-0.4, -0.2) is 10.4 Å². The van der Waals surface area contributed by atoms with E-state index in [1.165, 1.54) is 16.3 Å². The van der Waals surface area contributed by atoms with Crippen LogP contribution < -0.4 is 0 Å². The number of benzene rings is 1. The maximum Gasteiger partial charge on any atom is 0.0346 e. The molecule has 0 aliphatic rings. The van der Waals surface area contributed by atoms with Gasteiger partial charge in [0.15, 0.2) is 0 Å². The molecule has 0 bridgehead atoms. The van der Waals surface area contributed by atoms with Crippen molar-refractivity contribution < 1.29 is 0 Å². The summed E-state index contributed by atoms with van der Waals surface area (Å²) in [7, 11) is 0. The van der Waals surface area contributed by atoms with Crippen molar-refractivity contribution in [1.82, 2.24) is 4.98 Å². The number of hydrogen-bond acceptors (Lipinski definition) is 1. The van der Waals surface area contributed by atoms with Crippen molar-refractivity contribution >= 4 is 22.4 Å². The molecule has 1 unspecified atom stereocenters. The van der Waals surface area contributed by atoms with Crippen LogP contribution in [0.25, 0.3) is 10.8 Å². The average Bonchev–Trinajstić information content (AvgIpc) is 2.35. The lowest BCUT2D eigenvalue weighted by Crippen LogP contribution is -1.99. The van der Waals surface area contributed by atoms with Crippen LogP contribution in [0, 0.1) is 0 Å². The van der Waals surface area contributed by atoms with Gasteiger partial charge < -0.3 is 0 Å². The molecular weight excluding hydrogens is 218 g/mol. The van der Waals surface area contributed by atoms with E-state index in [-0.39, 0.29) is 5.38 Å². The molecule has 0 saturated heterocycles. The normalized spacial score (nSPS) is 12.9. The zero-order chi connectivity index (χ0) is 11.4. The smallest absolute Gasteiger partial charge is 0.0346 e. The van der Waals surface area contributed by atoms with Crippen molar-refractivity contribution in [2.75, 3.05) is 0 Å². The SMILES string of the molecule is CCC(Cl)CCc1cncc2ccccc12. The van der Waals surface area contributed by atoms with Crippen LogP contribution in [0.3, 0.4) is 0 Å². The van der Waals surface area contributed by atoms with Gasteiger partial charge in [0.2, 0.25) is 0 Å². The molecule has 0 aliphatic carbocycles. The van der Waals surface area contributed by atoms with Crippen LogP contribution in [0.5, 0.6) is 0 Å². The second-order valence-corrected chi connectivity index (χ2v) is 4.68. The molecule has 0 fully saturated rings. The van der Waals surface area contributed by atoms with Crippen molar-refractivity contribution in [1.29, 1.82) is 0 Å². The fourth-order valence-electron chi connectivity index (χ4n) is 1.89. The number of rotatable bonds is 4. The molecule has 0 saturated carbocycles. The first-order chi connectivity index (χ1) is 7.81. The van der Waals surface area contributed by atoms with Crippen LogP contribution >= 0.6 is 11.6 Å². The summed E-state index contributed by atoms with van der Waals surface area (Å²) in [5.74, 6) is 0. The minimum atomic E-state index is 0.277. The van der Waals surface area contributed by atoms with E-state index in [1.54, 1.807) is 0 Å². The summed E-state index contributed by atoms with van der Waals surface area (Å²) in [6, 6.07) is 8.37. The third-order valence-corrected chi connectivity index (χ3v) is 3.45. The van der Waals surface area contributed by atoms with Crippen molar-refractivity contribution in [3.05, 3.63) is 42.2 Å². The van der Waals surface area contributed by atoms with Gasteiger partial charge >= 0.3 is 0 Å². The quantitative estimate of drug-likeness (QED) is 0.722. The molecule has 0 aliphatic heterocycles. The Labute approximate surface area is 101 Å². The Bertz CT molecular complexity index is 462.